The van der Waals surface area contributed by atoms with E-state index >= 15 is 0 Å². The first kappa shape index (κ1) is 61.5. The molecule has 0 aliphatic rings. The van der Waals surface area contributed by atoms with E-state index in [1.807, 2.05) is 0 Å². The molecule has 6 nitrogen and oxygen atoms in total. The molecule has 0 aromatic heterocycles. The van der Waals surface area contributed by atoms with Crippen molar-refractivity contribution in [2.45, 2.75) is 284 Å². The molecule has 372 valence electrons. The summed E-state index contributed by atoms with van der Waals surface area (Å²) < 4.78 is 17.1. The monoisotopic (exact) mass is 897 g/mol. The van der Waals surface area contributed by atoms with Gasteiger partial charge < -0.3 is 14.2 Å². The van der Waals surface area contributed by atoms with Crippen molar-refractivity contribution in [3.05, 3.63) is 48.6 Å². The Kier molecular flexibility index (Phi) is 51.1. The maximum absolute atomic E-state index is 12.8. The first-order chi connectivity index (χ1) is 31.5. The second-order valence-corrected chi connectivity index (χ2v) is 18.5. The quantitative estimate of drug-likeness (QED) is 0.0344. The minimum Gasteiger partial charge on any atom is -0.462 e. The summed E-state index contributed by atoms with van der Waals surface area (Å²) in [6.45, 7) is 6.69. The van der Waals surface area contributed by atoms with Gasteiger partial charge in [-0.05, 0) is 96.3 Å². The molecule has 0 N–H and O–H groups in total. The van der Waals surface area contributed by atoms with E-state index in [-0.39, 0.29) is 37.5 Å². The molecular formula is C58H104O6. The highest BCUT2D eigenvalue weighted by atomic mass is 16.6. The van der Waals surface area contributed by atoms with Gasteiger partial charge in [0.25, 0.3) is 0 Å². The lowest BCUT2D eigenvalue weighted by Gasteiger charge is -2.18. The highest BCUT2D eigenvalue weighted by molar-refractivity contribution is 5.79. The molecule has 0 amide bonds. The zero-order valence-corrected chi connectivity index (χ0v) is 42.6. The molecule has 0 spiro atoms. The van der Waals surface area contributed by atoms with Gasteiger partial charge in [-0.1, -0.05) is 211 Å². The van der Waals surface area contributed by atoms with Gasteiger partial charge in [-0.3, -0.25) is 14.4 Å². The molecule has 0 rings (SSSR count). The molecule has 0 saturated carbocycles. The molecule has 6 heteroatoms. The number of carbonyl (C=O) groups is 3. The van der Waals surface area contributed by atoms with Crippen molar-refractivity contribution in [3.8, 4) is 0 Å². The van der Waals surface area contributed by atoms with Gasteiger partial charge in [0.2, 0.25) is 0 Å². The van der Waals surface area contributed by atoms with Crippen LogP contribution in [0.4, 0.5) is 0 Å². The summed E-state index contributed by atoms with van der Waals surface area (Å²) in [7, 11) is 0. The van der Waals surface area contributed by atoms with Crippen LogP contribution in [-0.4, -0.2) is 43.6 Å². The maximum atomic E-state index is 12.8. The predicted octanol–water partition coefficient (Wildman–Crippen LogP) is 17.9. The van der Waals surface area contributed by atoms with E-state index in [9.17, 15) is 14.4 Å². The van der Waals surface area contributed by atoms with Crippen LogP contribution >= 0.6 is 0 Å². The number of esters is 2. The Labute approximate surface area is 397 Å². The molecule has 0 aromatic rings. The fourth-order valence-corrected chi connectivity index (χ4v) is 7.88. The number of Topliss-reactive ketones (excluding diaryl/α,β-unsaturated/α-hetero) is 1. The molecule has 0 saturated heterocycles. The molecule has 0 bridgehead atoms. The standard InChI is InChI=1S/C58H104O6/c1-4-7-10-13-16-19-22-25-28-31-34-37-40-43-46-49-55(59)52-62-53-56(64-58(61)51-48-45-42-39-36-33-30-27-24-21-18-15-12-9-6-3)54-63-57(60)50-47-44-41-38-35-32-29-26-23-20-17-14-11-8-5-2/h7,10,16-17,19-20,27,30,56H,4-6,8-9,11-15,18,21-26,28-29,31-54H2,1-3H3/b10-7-,19-16-,20-17-,30-27-. The van der Waals surface area contributed by atoms with Gasteiger partial charge in [0.05, 0.1) is 6.61 Å². The third kappa shape index (κ3) is 50.5. The van der Waals surface area contributed by atoms with Crippen molar-refractivity contribution in [1.29, 1.82) is 0 Å². The Balaban J connectivity index is 4.37. The lowest BCUT2D eigenvalue weighted by Crippen LogP contribution is -2.30. The molecule has 1 unspecified atom stereocenters. The van der Waals surface area contributed by atoms with E-state index in [4.69, 9.17) is 14.2 Å². The lowest BCUT2D eigenvalue weighted by atomic mass is 10.1. The average Bonchev–Trinajstić information content (AvgIpc) is 3.29. The predicted molar refractivity (Wildman–Crippen MR) is 275 cm³/mol. The molecule has 0 aromatic carbocycles. The normalized spacial score (nSPS) is 12.4. The third-order valence-electron chi connectivity index (χ3n) is 12.0. The first-order valence-corrected chi connectivity index (χ1v) is 27.6. The number of hydrogen-bond acceptors (Lipinski definition) is 6. The summed E-state index contributed by atoms with van der Waals surface area (Å²) in [6, 6.07) is 0. The summed E-state index contributed by atoms with van der Waals surface area (Å²) in [5, 5.41) is 0. The fourth-order valence-electron chi connectivity index (χ4n) is 7.88. The Bertz CT molecular complexity index is 1120. The van der Waals surface area contributed by atoms with E-state index < -0.39 is 6.10 Å². The van der Waals surface area contributed by atoms with Crippen molar-refractivity contribution in [2.75, 3.05) is 19.8 Å². The number of ether oxygens (including phenoxy) is 3. The Morgan fingerprint density at radius 3 is 1.20 bits per heavy atom. The number of ketones is 1. The van der Waals surface area contributed by atoms with E-state index in [0.29, 0.717) is 19.3 Å². The molecular weight excluding hydrogens is 793 g/mol. The van der Waals surface area contributed by atoms with Crippen molar-refractivity contribution < 1.29 is 28.6 Å². The topological polar surface area (TPSA) is 78.9 Å². The zero-order chi connectivity index (χ0) is 46.5. The van der Waals surface area contributed by atoms with Crippen LogP contribution in [0.1, 0.15) is 278 Å². The average molecular weight is 897 g/mol. The smallest absolute Gasteiger partial charge is 0.306 e. The van der Waals surface area contributed by atoms with Crippen molar-refractivity contribution in [3.63, 3.8) is 0 Å². The highest BCUT2D eigenvalue weighted by Gasteiger charge is 2.18. The number of carbonyl (C=O) groups excluding carboxylic acids is 3. The largest absolute Gasteiger partial charge is 0.462 e. The number of hydrogen-bond donors (Lipinski definition) is 0. The summed E-state index contributed by atoms with van der Waals surface area (Å²) in [5.41, 5.74) is 0. The van der Waals surface area contributed by atoms with Crippen LogP contribution in [0.5, 0.6) is 0 Å². The van der Waals surface area contributed by atoms with E-state index in [1.165, 1.54) is 161 Å². The SMILES string of the molecule is CC/C=C\C/C=C\CCCCCCCCCCC(=O)COCC(COC(=O)CCCCCCCCCC/C=C\CCCCC)OC(=O)CCCCCCC/C=C\CCCCCCCC. The van der Waals surface area contributed by atoms with Crippen LogP contribution in [0, 0.1) is 0 Å². The Morgan fingerprint density at radius 2 is 0.734 bits per heavy atom. The molecule has 64 heavy (non-hydrogen) atoms. The number of rotatable bonds is 51. The van der Waals surface area contributed by atoms with E-state index in [0.717, 1.165) is 77.0 Å². The molecule has 0 fully saturated rings. The van der Waals surface area contributed by atoms with Gasteiger partial charge in [0, 0.05) is 19.3 Å². The molecule has 1 atom stereocenters. The Morgan fingerprint density at radius 1 is 0.375 bits per heavy atom. The second kappa shape index (κ2) is 53.1. The second-order valence-electron chi connectivity index (χ2n) is 18.5. The van der Waals surface area contributed by atoms with Crippen LogP contribution in [0.3, 0.4) is 0 Å². The van der Waals surface area contributed by atoms with Gasteiger partial charge in [-0.15, -0.1) is 0 Å². The Hall–Kier alpha value is -2.47. The maximum Gasteiger partial charge on any atom is 0.306 e. The molecule has 0 aliphatic carbocycles. The molecule has 0 aliphatic heterocycles. The third-order valence-corrected chi connectivity index (χ3v) is 12.0. The molecule has 0 heterocycles. The number of unbranched alkanes of at least 4 members (excludes halogenated alkanes) is 30. The van der Waals surface area contributed by atoms with Crippen molar-refractivity contribution in [2.24, 2.45) is 0 Å². The summed E-state index contributed by atoms with van der Waals surface area (Å²) in [5.74, 6) is -0.487. The summed E-state index contributed by atoms with van der Waals surface area (Å²) >= 11 is 0. The van der Waals surface area contributed by atoms with Gasteiger partial charge >= 0.3 is 11.9 Å². The van der Waals surface area contributed by atoms with Crippen LogP contribution in [-0.2, 0) is 28.6 Å². The van der Waals surface area contributed by atoms with Gasteiger partial charge in [0.15, 0.2) is 11.9 Å². The lowest BCUT2D eigenvalue weighted by molar-refractivity contribution is -0.163. The first-order valence-electron chi connectivity index (χ1n) is 27.6. The van der Waals surface area contributed by atoms with Crippen molar-refractivity contribution >= 4 is 17.7 Å². The van der Waals surface area contributed by atoms with Gasteiger partial charge in [-0.25, -0.2) is 0 Å². The minimum atomic E-state index is -0.706. The van der Waals surface area contributed by atoms with Crippen LogP contribution in [0.25, 0.3) is 0 Å². The minimum absolute atomic E-state index is 0.00422. The fraction of sp³-hybridized carbons (Fsp3) is 0.810. The number of allylic oxidation sites excluding steroid dienone is 8. The van der Waals surface area contributed by atoms with Crippen LogP contribution in [0.2, 0.25) is 0 Å². The molecule has 0 radical (unpaired) electrons. The summed E-state index contributed by atoms with van der Waals surface area (Å²) in [4.78, 5) is 38.1. The van der Waals surface area contributed by atoms with Gasteiger partial charge in [-0.2, -0.15) is 0 Å². The summed E-state index contributed by atoms with van der Waals surface area (Å²) in [6.07, 6.45) is 63.0. The van der Waals surface area contributed by atoms with Crippen molar-refractivity contribution in [1.82, 2.24) is 0 Å². The van der Waals surface area contributed by atoms with E-state index in [1.54, 1.807) is 0 Å². The van der Waals surface area contributed by atoms with Crippen LogP contribution < -0.4 is 0 Å². The highest BCUT2D eigenvalue weighted by Crippen LogP contribution is 2.15. The van der Waals surface area contributed by atoms with Crippen LogP contribution in [0.15, 0.2) is 48.6 Å². The zero-order valence-electron chi connectivity index (χ0n) is 42.6. The van der Waals surface area contributed by atoms with Gasteiger partial charge in [0.1, 0.15) is 13.2 Å². The van der Waals surface area contributed by atoms with E-state index in [2.05, 4.69) is 69.4 Å².